The topological polar surface area (TPSA) is 58.6 Å². The van der Waals surface area contributed by atoms with Gasteiger partial charge in [0, 0.05) is 12.1 Å². The van der Waals surface area contributed by atoms with Crippen LogP contribution in [0.15, 0.2) is 42.5 Å². The summed E-state index contributed by atoms with van der Waals surface area (Å²) in [5, 5.41) is 3.75. The van der Waals surface area contributed by atoms with Gasteiger partial charge in [-0.2, -0.15) is 0 Å². The van der Waals surface area contributed by atoms with Crippen LogP contribution in [0.4, 0.5) is 0 Å². The Kier molecular flexibility index (Phi) is 8.16. The normalized spacial score (nSPS) is 12.2. The van der Waals surface area contributed by atoms with Gasteiger partial charge in [-0.25, -0.2) is 0 Å². The van der Waals surface area contributed by atoms with E-state index in [9.17, 15) is 9.59 Å². The number of benzene rings is 2. The maximum absolute atomic E-state index is 13.1. The molecular weight excluding hydrogens is 423 g/mol. The number of hydrogen-bond donors (Lipinski definition) is 1. The van der Waals surface area contributed by atoms with Crippen molar-refractivity contribution in [3.8, 4) is 5.75 Å². The number of halogens is 2. The maximum atomic E-state index is 13.1. The maximum Gasteiger partial charge on any atom is 0.261 e. The van der Waals surface area contributed by atoms with E-state index in [0.717, 1.165) is 11.1 Å². The number of nitrogens with one attached hydrogen (secondary N) is 1. The summed E-state index contributed by atoms with van der Waals surface area (Å²) < 4.78 is 5.72. The lowest BCUT2D eigenvalue weighted by molar-refractivity contribution is -0.142. The molecule has 0 aromatic heterocycles. The fourth-order valence-electron chi connectivity index (χ4n) is 2.83. The van der Waals surface area contributed by atoms with Crippen molar-refractivity contribution >= 4 is 35.0 Å². The minimum Gasteiger partial charge on any atom is -0.484 e. The minimum absolute atomic E-state index is 0.181. The van der Waals surface area contributed by atoms with E-state index in [2.05, 4.69) is 5.32 Å². The van der Waals surface area contributed by atoms with Crippen molar-refractivity contribution in [1.82, 2.24) is 10.2 Å². The summed E-state index contributed by atoms with van der Waals surface area (Å²) in [6.45, 7) is 9.31. The predicted octanol–water partition coefficient (Wildman–Crippen LogP) is 5.01. The number of carbonyl (C=O) groups excluding carboxylic acids is 2. The molecule has 0 unspecified atom stereocenters. The Morgan fingerprint density at radius 1 is 1.10 bits per heavy atom. The predicted molar refractivity (Wildman–Crippen MR) is 121 cm³/mol. The summed E-state index contributed by atoms with van der Waals surface area (Å²) in [6, 6.07) is 11.9. The smallest absolute Gasteiger partial charge is 0.261 e. The Hall–Kier alpha value is -2.24. The van der Waals surface area contributed by atoms with Gasteiger partial charge < -0.3 is 15.0 Å². The van der Waals surface area contributed by atoms with E-state index >= 15 is 0 Å². The lowest BCUT2D eigenvalue weighted by atomic mass is 10.1. The van der Waals surface area contributed by atoms with Crippen LogP contribution in [0.5, 0.6) is 5.75 Å². The number of para-hydroxylation sites is 1. The molecule has 0 aliphatic rings. The molecule has 0 radical (unpaired) electrons. The highest BCUT2D eigenvalue weighted by Gasteiger charge is 2.28. The highest BCUT2D eigenvalue weighted by Crippen LogP contribution is 2.24. The van der Waals surface area contributed by atoms with Crippen molar-refractivity contribution in [2.24, 2.45) is 0 Å². The van der Waals surface area contributed by atoms with E-state index in [1.165, 1.54) is 4.90 Å². The molecule has 0 saturated carbocycles. The number of carbonyl (C=O) groups is 2. The molecule has 5 nitrogen and oxygen atoms in total. The van der Waals surface area contributed by atoms with Gasteiger partial charge in [0.05, 0.1) is 10.0 Å². The second kappa shape index (κ2) is 10.2. The molecule has 162 valence electrons. The van der Waals surface area contributed by atoms with Crippen molar-refractivity contribution < 1.29 is 14.3 Å². The molecule has 2 aromatic rings. The highest BCUT2D eigenvalue weighted by molar-refractivity contribution is 6.42. The van der Waals surface area contributed by atoms with Gasteiger partial charge in [0.1, 0.15) is 11.8 Å². The first kappa shape index (κ1) is 24.0. The molecule has 1 N–H and O–H groups in total. The lowest BCUT2D eigenvalue weighted by Crippen LogP contribution is -2.53. The molecule has 30 heavy (non-hydrogen) atoms. The molecule has 7 heteroatoms. The van der Waals surface area contributed by atoms with Crippen molar-refractivity contribution in [3.63, 3.8) is 0 Å². The standard InChI is InChI=1S/C23H28Cl2N2O3/c1-15-8-6-7-9-20(15)30-14-21(28)27(16(2)22(29)26-23(3,4)5)13-17-10-11-18(24)19(25)12-17/h6-12,16H,13-14H2,1-5H3,(H,26,29)/t16-/m0/s1. The Morgan fingerprint density at radius 3 is 2.37 bits per heavy atom. The van der Waals surface area contributed by atoms with Crippen LogP contribution in [0, 0.1) is 6.92 Å². The first-order valence-electron chi connectivity index (χ1n) is 9.72. The SMILES string of the molecule is Cc1ccccc1OCC(=O)N(Cc1ccc(Cl)c(Cl)c1)[C@@H](C)C(=O)NC(C)(C)C. The van der Waals surface area contributed by atoms with Gasteiger partial charge in [-0.15, -0.1) is 0 Å². The third kappa shape index (κ3) is 6.92. The van der Waals surface area contributed by atoms with Crippen molar-refractivity contribution in [3.05, 3.63) is 63.6 Å². The fraction of sp³-hybridized carbons (Fsp3) is 0.391. The van der Waals surface area contributed by atoms with E-state index in [0.29, 0.717) is 15.8 Å². The number of ether oxygens (including phenoxy) is 1. The Balaban J connectivity index is 2.22. The first-order valence-corrected chi connectivity index (χ1v) is 10.5. The Labute approximate surface area is 188 Å². The van der Waals surface area contributed by atoms with Crippen LogP contribution in [0.25, 0.3) is 0 Å². The molecule has 0 saturated heterocycles. The molecule has 0 bridgehead atoms. The van der Waals surface area contributed by atoms with Crippen LogP contribution in [0.2, 0.25) is 10.0 Å². The molecule has 0 heterocycles. The zero-order chi connectivity index (χ0) is 22.5. The van der Waals surface area contributed by atoms with Gasteiger partial charge in [-0.1, -0.05) is 47.5 Å². The van der Waals surface area contributed by atoms with Crippen LogP contribution in [-0.2, 0) is 16.1 Å². The molecule has 2 aromatic carbocycles. The number of aryl methyl sites for hydroxylation is 1. The summed E-state index contributed by atoms with van der Waals surface area (Å²) in [7, 11) is 0. The Morgan fingerprint density at radius 2 is 1.77 bits per heavy atom. The second-order valence-corrected chi connectivity index (χ2v) is 9.05. The average molecular weight is 451 g/mol. The van der Waals surface area contributed by atoms with E-state index in [1.807, 2.05) is 52.0 Å². The largest absolute Gasteiger partial charge is 0.484 e. The molecule has 1 atom stereocenters. The van der Waals surface area contributed by atoms with Crippen LogP contribution in [-0.4, -0.2) is 34.9 Å². The second-order valence-electron chi connectivity index (χ2n) is 8.24. The number of hydrogen-bond acceptors (Lipinski definition) is 3. The van der Waals surface area contributed by atoms with Crippen LogP contribution in [0.1, 0.15) is 38.8 Å². The number of amides is 2. The van der Waals surface area contributed by atoms with E-state index in [1.54, 1.807) is 25.1 Å². The zero-order valence-corrected chi connectivity index (χ0v) is 19.5. The summed E-state index contributed by atoms with van der Waals surface area (Å²) in [5.74, 6) is 0.0832. The van der Waals surface area contributed by atoms with Crippen LogP contribution >= 0.6 is 23.2 Å². The van der Waals surface area contributed by atoms with E-state index in [-0.39, 0.29) is 25.0 Å². The molecule has 2 amide bonds. The highest BCUT2D eigenvalue weighted by atomic mass is 35.5. The monoisotopic (exact) mass is 450 g/mol. The lowest BCUT2D eigenvalue weighted by Gasteiger charge is -2.31. The third-order valence-corrected chi connectivity index (χ3v) is 5.19. The molecule has 2 rings (SSSR count). The molecule has 0 fully saturated rings. The van der Waals surface area contributed by atoms with Gasteiger partial charge in [-0.05, 0) is 63.9 Å². The van der Waals surface area contributed by atoms with Gasteiger partial charge in [-0.3, -0.25) is 9.59 Å². The summed E-state index contributed by atoms with van der Waals surface area (Å²) in [6.07, 6.45) is 0. The summed E-state index contributed by atoms with van der Waals surface area (Å²) >= 11 is 12.1. The third-order valence-electron chi connectivity index (χ3n) is 4.45. The summed E-state index contributed by atoms with van der Waals surface area (Å²) in [4.78, 5) is 27.3. The van der Waals surface area contributed by atoms with Gasteiger partial charge >= 0.3 is 0 Å². The van der Waals surface area contributed by atoms with Crippen molar-refractivity contribution in [2.45, 2.75) is 52.7 Å². The van der Waals surface area contributed by atoms with E-state index < -0.39 is 11.6 Å². The van der Waals surface area contributed by atoms with Crippen LogP contribution in [0.3, 0.4) is 0 Å². The van der Waals surface area contributed by atoms with Crippen molar-refractivity contribution in [2.75, 3.05) is 6.61 Å². The van der Waals surface area contributed by atoms with Gasteiger partial charge in [0.25, 0.3) is 5.91 Å². The number of rotatable bonds is 7. The van der Waals surface area contributed by atoms with Crippen LogP contribution < -0.4 is 10.1 Å². The van der Waals surface area contributed by atoms with E-state index in [4.69, 9.17) is 27.9 Å². The molecule has 0 aliphatic carbocycles. The first-order chi connectivity index (χ1) is 14.0. The molecular formula is C23H28Cl2N2O3. The molecule has 0 spiro atoms. The van der Waals surface area contributed by atoms with Gasteiger partial charge in [0.15, 0.2) is 6.61 Å². The fourth-order valence-corrected chi connectivity index (χ4v) is 3.15. The van der Waals surface area contributed by atoms with Crippen molar-refractivity contribution in [1.29, 1.82) is 0 Å². The summed E-state index contributed by atoms with van der Waals surface area (Å²) in [5.41, 5.74) is 1.28. The number of nitrogens with zero attached hydrogens (tertiary/aromatic N) is 1. The average Bonchev–Trinajstić information content (AvgIpc) is 2.66. The Bertz CT molecular complexity index is 910. The quantitative estimate of drug-likeness (QED) is 0.644. The zero-order valence-electron chi connectivity index (χ0n) is 18.0. The molecule has 0 aliphatic heterocycles. The minimum atomic E-state index is -0.702. The van der Waals surface area contributed by atoms with Gasteiger partial charge in [0.2, 0.25) is 5.91 Å².